The van der Waals surface area contributed by atoms with Gasteiger partial charge in [0.2, 0.25) is 5.91 Å². The average molecular weight is 461 g/mol. The number of amides is 1. The van der Waals surface area contributed by atoms with Crippen molar-refractivity contribution in [3.8, 4) is 0 Å². The molecular weight excluding hydrogens is 432 g/mol. The molecule has 11 heteroatoms. The number of fused-ring (bicyclic) bond motifs is 1. The number of H-pyrrole nitrogens is 1. The van der Waals surface area contributed by atoms with E-state index in [1.54, 1.807) is 11.4 Å². The van der Waals surface area contributed by atoms with Crippen molar-refractivity contribution in [1.82, 2.24) is 19.1 Å². The van der Waals surface area contributed by atoms with Crippen molar-refractivity contribution in [1.29, 1.82) is 0 Å². The van der Waals surface area contributed by atoms with Crippen LogP contribution in [-0.4, -0.2) is 31.6 Å². The van der Waals surface area contributed by atoms with E-state index in [9.17, 15) is 19.2 Å². The Labute approximate surface area is 188 Å². The number of unbranched alkanes of at least 4 members (excludes halogenated alkanes) is 1. The first-order valence-corrected chi connectivity index (χ1v) is 11.5. The quantitative estimate of drug-likeness (QED) is 0.499. The van der Waals surface area contributed by atoms with Gasteiger partial charge in [-0.05, 0) is 23.8 Å². The minimum atomic E-state index is -0.699. The molecule has 0 aliphatic heterocycles. The summed E-state index contributed by atoms with van der Waals surface area (Å²) >= 11 is 1.38. The number of hydrogen-bond acceptors (Lipinski definition) is 7. The van der Waals surface area contributed by atoms with Gasteiger partial charge in [-0.1, -0.05) is 27.2 Å². The van der Waals surface area contributed by atoms with Crippen molar-refractivity contribution in [2.24, 2.45) is 5.92 Å². The second-order valence-corrected chi connectivity index (χ2v) is 8.92. The van der Waals surface area contributed by atoms with E-state index in [-0.39, 0.29) is 48.4 Å². The van der Waals surface area contributed by atoms with Gasteiger partial charge in [-0.3, -0.25) is 28.5 Å². The molecule has 0 spiro atoms. The van der Waals surface area contributed by atoms with Crippen molar-refractivity contribution in [2.45, 2.75) is 53.1 Å². The van der Waals surface area contributed by atoms with Gasteiger partial charge in [-0.25, -0.2) is 9.78 Å². The minimum absolute atomic E-state index is 0.0247. The molecule has 0 fully saturated rings. The van der Waals surface area contributed by atoms with E-state index in [0.717, 1.165) is 6.42 Å². The summed E-state index contributed by atoms with van der Waals surface area (Å²) in [7, 11) is 0. The molecule has 172 valence electrons. The zero-order chi connectivity index (χ0) is 23.4. The maximum absolute atomic E-state index is 13.2. The molecule has 1 amide bonds. The molecule has 0 radical (unpaired) electrons. The highest BCUT2D eigenvalue weighted by molar-refractivity contribution is 7.16. The normalized spacial score (nSPS) is 11.4. The Bertz CT molecular complexity index is 1290. The first-order valence-electron chi connectivity index (χ1n) is 10.6. The van der Waals surface area contributed by atoms with Crippen molar-refractivity contribution >= 4 is 39.0 Å². The van der Waals surface area contributed by atoms with Crippen molar-refractivity contribution < 1.29 is 4.79 Å². The maximum Gasteiger partial charge on any atom is 0.330 e. The van der Waals surface area contributed by atoms with Crippen LogP contribution in [0.4, 0.5) is 11.5 Å². The van der Waals surface area contributed by atoms with Crippen LogP contribution in [0.5, 0.6) is 0 Å². The van der Waals surface area contributed by atoms with Gasteiger partial charge < -0.3 is 10.6 Å². The Hall–Kier alpha value is -3.21. The van der Waals surface area contributed by atoms with Gasteiger partial charge in [0.1, 0.15) is 10.6 Å². The molecule has 10 nitrogen and oxygen atoms in total. The van der Waals surface area contributed by atoms with E-state index < -0.39 is 11.2 Å². The van der Waals surface area contributed by atoms with Crippen LogP contribution in [0.2, 0.25) is 0 Å². The van der Waals surface area contributed by atoms with Crippen LogP contribution in [0, 0.1) is 5.92 Å². The third-order valence-electron chi connectivity index (χ3n) is 5.09. The largest absolute Gasteiger partial charge is 0.383 e. The molecule has 0 saturated heterocycles. The van der Waals surface area contributed by atoms with Crippen LogP contribution >= 0.6 is 11.3 Å². The topological polar surface area (TPSA) is 136 Å². The summed E-state index contributed by atoms with van der Waals surface area (Å²) in [6.45, 7) is 6.52. The predicted octanol–water partition coefficient (Wildman–Crippen LogP) is 1.77. The van der Waals surface area contributed by atoms with Crippen molar-refractivity contribution in [3.05, 3.63) is 49.0 Å². The molecule has 3 rings (SSSR count). The van der Waals surface area contributed by atoms with Gasteiger partial charge in [0.05, 0.1) is 11.7 Å². The Morgan fingerprint density at radius 1 is 1.31 bits per heavy atom. The number of aromatic amines is 1. The van der Waals surface area contributed by atoms with Crippen LogP contribution in [-0.2, 0) is 17.9 Å². The number of aryl methyl sites for hydroxylation is 1. The van der Waals surface area contributed by atoms with Crippen LogP contribution in [0.25, 0.3) is 10.2 Å². The lowest BCUT2D eigenvalue weighted by Crippen LogP contribution is -2.42. The molecule has 0 saturated carbocycles. The summed E-state index contributed by atoms with van der Waals surface area (Å²) in [4.78, 5) is 59.2. The van der Waals surface area contributed by atoms with E-state index >= 15 is 0 Å². The van der Waals surface area contributed by atoms with E-state index in [1.807, 2.05) is 20.8 Å². The number of rotatable bonds is 9. The Morgan fingerprint density at radius 3 is 2.75 bits per heavy atom. The lowest BCUT2D eigenvalue weighted by atomic mass is 10.2. The van der Waals surface area contributed by atoms with Gasteiger partial charge in [-0.15, -0.1) is 11.3 Å². The molecule has 0 atom stereocenters. The molecule has 0 aliphatic rings. The summed E-state index contributed by atoms with van der Waals surface area (Å²) in [5.74, 6) is -0.280. The van der Waals surface area contributed by atoms with Crippen molar-refractivity contribution in [2.75, 3.05) is 17.2 Å². The summed E-state index contributed by atoms with van der Waals surface area (Å²) in [6, 6.07) is 1.71. The number of nitrogen functional groups attached to an aromatic ring is 1. The fourth-order valence-corrected chi connectivity index (χ4v) is 4.19. The van der Waals surface area contributed by atoms with Gasteiger partial charge in [-0.2, -0.15) is 0 Å². The summed E-state index contributed by atoms with van der Waals surface area (Å²) in [5.41, 5.74) is 4.67. The van der Waals surface area contributed by atoms with E-state index in [2.05, 4.69) is 9.97 Å². The van der Waals surface area contributed by atoms with E-state index in [0.29, 0.717) is 23.2 Å². The molecule has 3 N–H and O–H groups in total. The second-order valence-electron chi connectivity index (χ2n) is 8.03. The zero-order valence-corrected chi connectivity index (χ0v) is 19.3. The van der Waals surface area contributed by atoms with Crippen LogP contribution in [0.1, 0.15) is 40.0 Å². The van der Waals surface area contributed by atoms with Gasteiger partial charge in [0, 0.05) is 26.1 Å². The average Bonchev–Trinajstić information content (AvgIpc) is 3.22. The first kappa shape index (κ1) is 23.5. The predicted molar refractivity (Wildman–Crippen MR) is 126 cm³/mol. The second kappa shape index (κ2) is 9.94. The first-order chi connectivity index (χ1) is 15.2. The smallest absolute Gasteiger partial charge is 0.330 e. The molecule has 0 aliphatic carbocycles. The van der Waals surface area contributed by atoms with E-state index in [1.165, 1.54) is 31.7 Å². The Kier molecular flexibility index (Phi) is 7.29. The molecule has 32 heavy (non-hydrogen) atoms. The summed E-state index contributed by atoms with van der Waals surface area (Å²) in [5, 5.41) is 2.30. The van der Waals surface area contributed by atoms with Crippen molar-refractivity contribution in [3.63, 3.8) is 0 Å². The molecule has 3 heterocycles. The monoisotopic (exact) mass is 460 g/mol. The number of nitrogens with zero attached hydrogens (tertiary/aromatic N) is 4. The molecule has 0 bridgehead atoms. The zero-order valence-electron chi connectivity index (χ0n) is 18.5. The van der Waals surface area contributed by atoms with Gasteiger partial charge in [0.25, 0.3) is 11.1 Å². The molecule has 0 aromatic carbocycles. The van der Waals surface area contributed by atoms with Gasteiger partial charge in [0.15, 0.2) is 5.69 Å². The van der Waals surface area contributed by atoms with E-state index in [4.69, 9.17) is 5.73 Å². The fourth-order valence-electron chi connectivity index (χ4n) is 3.47. The standard InChI is InChI=1S/C21H28N6O4S/c1-4-5-8-26(16-17(22)27(11-13(2)3)21(31)24-18(16)29)15(28)6-9-25-12-23-19-14(20(25)30)7-10-32-19/h7,10,12-13H,4-6,8-9,11,22H2,1-3H3,(H,24,29,31). The number of carbonyl (C=O) groups excluding carboxylic acids is 1. The highest BCUT2D eigenvalue weighted by Crippen LogP contribution is 2.20. The number of thiophene rings is 1. The third-order valence-corrected chi connectivity index (χ3v) is 5.91. The highest BCUT2D eigenvalue weighted by atomic mass is 32.1. The fraction of sp³-hybridized carbons (Fsp3) is 0.476. The number of anilines is 2. The van der Waals surface area contributed by atoms with Gasteiger partial charge >= 0.3 is 5.69 Å². The van der Waals surface area contributed by atoms with Crippen LogP contribution in [0.3, 0.4) is 0 Å². The lowest BCUT2D eigenvalue weighted by molar-refractivity contribution is -0.118. The summed E-state index contributed by atoms with van der Waals surface area (Å²) < 4.78 is 2.67. The highest BCUT2D eigenvalue weighted by Gasteiger charge is 2.24. The Morgan fingerprint density at radius 2 is 2.06 bits per heavy atom. The SMILES string of the molecule is CCCCN(C(=O)CCn1cnc2sccc2c1=O)c1c(N)n(CC(C)C)c(=O)[nH]c1=O. The number of carbonyl (C=O) groups is 1. The number of aromatic nitrogens is 4. The Balaban J connectivity index is 1.93. The molecule has 3 aromatic heterocycles. The minimum Gasteiger partial charge on any atom is -0.383 e. The molecule has 0 unspecified atom stereocenters. The number of nitrogens with one attached hydrogen (secondary N) is 1. The number of hydrogen-bond donors (Lipinski definition) is 2. The van der Waals surface area contributed by atoms with Crippen LogP contribution < -0.4 is 27.4 Å². The molecule has 3 aromatic rings. The third kappa shape index (κ3) is 4.82. The van der Waals surface area contributed by atoms with Crippen LogP contribution in [0.15, 0.2) is 32.2 Å². The lowest BCUT2D eigenvalue weighted by Gasteiger charge is -2.25. The maximum atomic E-state index is 13.2. The number of nitrogens with two attached hydrogens (primary N) is 1. The summed E-state index contributed by atoms with van der Waals surface area (Å²) in [6.07, 6.45) is 2.85. The molecular formula is C21H28N6O4S.